The molecule has 1 N–H and O–H groups in total. The Hall–Kier alpha value is -1.41. The third-order valence-electron chi connectivity index (χ3n) is 3.26. The van der Waals surface area contributed by atoms with Crippen LogP contribution >= 0.6 is 0 Å². The quantitative estimate of drug-likeness (QED) is 0.806. The van der Waals surface area contributed by atoms with Gasteiger partial charge < -0.3 is 5.11 Å². The lowest BCUT2D eigenvalue weighted by Crippen LogP contribution is -2.12. The normalized spacial score (nSPS) is 27.0. The van der Waals surface area contributed by atoms with Gasteiger partial charge in [-0.2, -0.15) is 0 Å². The molecule has 0 aliphatic heterocycles. The molecule has 0 aromatic heterocycles. The maximum atomic E-state index is 12.0. The molecule has 2 nitrogen and oxygen atoms in total. The summed E-state index contributed by atoms with van der Waals surface area (Å²) in [7, 11) is 0. The summed E-state index contributed by atoms with van der Waals surface area (Å²) >= 11 is 0. The van der Waals surface area contributed by atoms with Gasteiger partial charge in [-0.25, -0.2) is 0 Å². The first kappa shape index (κ1) is 12.1. The molecule has 0 saturated heterocycles. The van der Waals surface area contributed by atoms with E-state index in [1.54, 1.807) is 0 Å². The number of hydrogen-bond donors (Lipinski definition) is 1. The van der Waals surface area contributed by atoms with E-state index in [4.69, 9.17) is 5.11 Å². The Balaban J connectivity index is 1.89. The molecule has 2 rings (SSSR count). The summed E-state index contributed by atoms with van der Waals surface area (Å²) in [5.74, 6) is 0.740. The van der Waals surface area contributed by atoms with Crippen molar-refractivity contribution >= 4 is 5.78 Å². The van der Waals surface area contributed by atoms with Crippen LogP contribution in [0.2, 0.25) is 0 Å². The van der Waals surface area contributed by atoms with Crippen molar-refractivity contribution in [1.82, 2.24) is 0 Å². The molecule has 0 radical (unpaired) electrons. The zero-order valence-corrected chi connectivity index (χ0v) is 9.88. The van der Waals surface area contributed by atoms with Crippen molar-refractivity contribution in [3.05, 3.63) is 48.1 Å². The van der Waals surface area contributed by atoms with Gasteiger partial charge in [-0.3, -0.25) is 4.79 Å². The number of hydrogen-bond acceptors (Lipinski definition) is 2. The smallest absolute Gasteiger partial charge is 0.163 e. The van der Waals surface area contributed by atoms with Gasteiger partial charge in [0, 0.05) is 24.5 Å². The molecule has 0 fully saturated rings. The van der Waals surface area contributed by atoms with E-state index in [0.29, 0.717) is 12.3 Å². The highest BCUT2D eigenvalue weighted by atomic mass is 16.3. The molecule has 2 atom stereocenters. The van der Waals surface area contributed by atoms with Crippen LogP contribution in [-0.2, 0) is 4.79 Å². The Morgan fingerprint density at radius 2 is 2.12 bits per heavy atom. The van der Waals surface area contributed by atoms with Crippen molar-refractivity contribution in [3.8, 4) is 0 Å². The van der Waals surface area contributed by atoms with Crippen LogP contribution in [-0.4, -0.2) is 17.5 Å². The number of allylic oxidation sites excluding steroid dienone is 7. The number of aliphatic hydroxyl groups excluding tert-OH is 1. The first-order valence-electron chi connectivity index (χ1n) is 6.15. The molecule has 90 valence electrons. The lowest BCUT2D eigenvalue weighted by Gasteiger charge is -2.15. The van der Waals surface area contributed by atoms with Gasteiger partial charge >= 0.3 is 0 Å². The van der Waals surface area contributed by atoms with Crippen LogP contribution in [0.3, 0.4) is 0 Å². The molecular formula is C15H18O2. The van der Waals surface area contributed by atoms with Gasteiger partial charge in [0.25, 0.3) is 0 Å². The van der Waals surface area contributed by atoms with Gasteiger partial charge in [0.1, 0.15) is 0 Å². The van der Waals surface area contributed by atoms with Crippen LogP contribution < -0.4 is 0 Å². The van der Waals surface area contributed by atoms with Crippen LogP contribution in [0.15, 0.2) is 48.1 Å². The molecule has 2 aliphatic carbocycles. The topological polar surface area (TPSA) is 37.3 Å². The molecule has 0 heterocycles. The monoisotopic (exact) mass is 230 g/mol. The molecule has 2 aliphatic rings. The highest BCUT2D eigenvalue weighted by Gasteiger charge is 2.16. The molecule has 0 spiro atoms. The molecule has 0 aromatic rings. The van der Waals surface area contributed by atoms with Gasteiger partial charge in [-0.15, -0.1) is 0 Å². The van der Waals surface area contributed by atoms with E-state index < -0.39 is 0 Å². The predicted molar refractivity (Wildman–Crippen MR) is 68.4 cm³/mol. The number of carbonyl (C=O) groups is 1. The third kappa shape index (κ3) is 3.27. The van der Waals surface area contributed by atoms with Crippen LogP contribution in [0.5, 0.6) is 0 Å². The third-order valence-corrected chi connectivity index (χ3v) is 3.26. The van der Waals surface area contributed by atoms with Crippen LogP contribution in [0.1, 0.15) is 19.3 Å². The van der Waals surface area contributed by atoms with E-state index in [2.05, 4.69) is 12.2 Å². The summed E-state index contributed by atoms with van der Waals surface area (Å²) in [6.07, 6.45) is 16.3. The lowest BCUT2D eigenvalue weighted by molar-refractivity contribution is -0.115. The number of carbonyl (C=O) groups excluding carboxylic acids is 1. The summed E-state index contributed by atoms with van der Waals surface area (Å²) in [6, 6.07) is 0. The van der Waals surface area contributed by atoms with E-state index in [0.717, 1.165) is 18.4 Å². The van der Waals surface area contributed by atoms with Crippen LogP contribution in [0, 0.1) is 11.8 Å². The molecule has 0 amide bonds. The molecule has 0 saturated carbocycles. The Kier molecular flexibility index (Phi) is 4.10. The first-order valence-corrected chi connectivity index (χ1v) is 6.15. The minimum absolute atomic E-state index is 0.157. The van der Waals surface area contributed by atoms with Gasteiger partial charge in [-0.05, 0) is 18.8 Å². The van der Waals surface area contributed by atoms with Crippen LogP contribution in [0.4, 0.5) is 0 Å². The summed E-state index contributed by atoms with van der Waals surface area (Å²) in [5, 5.41) is 8.99. The second kappa shape index (κ2) is 5.78. The predicted octanol–water partition coefficient (Wildman–Crippen LogP) is 2.57. The van der Waals surface area contributed by atoms with E-state index >= 15 is 0 Å². The van der Waals surface area contributed by atoms with E-state index in [-0.39, 0.29) is 18.3 Å². The standard InChI is InChI=1S/C15H18O2/c16-11-13-6-8-14(9-7-13)15(17)10-12-4-2-1-3-5-12/h1-4,6,8-9,12-13,16H,5,7,10-11H2. The van der Waals surface area contributed by atoms with E-state index in [1.165, 1.54) is 0 Å². The fourth-order valence-electron chi connectivity index (χ4n) is 2.15. The number of rotatable bonds is 4. The second-order valence-electron chi connectivity index (χ2n) is 4.63. The zero-order valence-electron chi connectivity index (χ0n) is 9.88. The number of ketones is 1. The second-order valence-corrected chi connectivity index (χ2v) is 4.63. The molecule has 0 bridgehead atoms. The average molecular weight is 230 g/mol. The van der Waals surface area contributed by atoms with Crippen molar-refractivity contribution in [2.75, 3.05) is 6.61 Å². The van der Waals surface area contributed by atoms with Crippen molar-refractivity contribution in [2.24, 2.45) is 11.8 Å². The SMILES string of the molecule is O=C(CC1C=CC=CC1)C1=CCC(CO)C=C1. The Labute approximate surface area is 102 Å². The average Bonchev–Trinajstić information content (AvgIpc) is 2.40. The number of Topliss-reactive ketones (excluding diaryl/α,β-unsaturated/α-hetero) is 1. The van der Waals surface area contributed by atoms with Gasteiger partial charge in [-0.1, -0.05) is 42.5 Å². The Morgan fingerprint density at radius 1 is 1.24 bits per heavy atom. The molecule has 2 heteroatoms. The first-order chi connectivity index (χ1) is 8.29. The van der Waals surface area contributed by atoms with Crippen molar-refractivity contribution < 1.29 is 9.90 Å². The lowest BCUT2D eigenvalue weighted by atomic mass is 9.89. The fraction of sp³-hybridized carbons (Fsp3) is 0.400. The maximum Gasteiger partial charge on any atom is 0.163 e. The van der Waals surface area contributed by atoms with Gasteiger partial charge in [0.2, 0.25) is 0 Å². The van der Waals surface area contributed by atoms with Gasteiger partial charge in [0.15, 0.2) is 5.78 Å². The molecule has 0 aromatic carbocycles. The summed E-state index contributed by atoms with van der Waals surface area (Å²) < 4.78 is 0. The summed E-state index contributed by atoms with van der Waals surface area (Å²) in [4.78, 5) is 12.0. The van der Waals surface area contributed by atoms with Crippen LogP contribution in [0.25, 0.3) is 0 Å². The minimum Gasteiger partial charge on any atom is -0.396 e. The fourth-order valence-corrected chi connectivity index (χ4v) is 2.15. The summed E-state index contributed by atoms with van der Waals surface area (Å²) in [5.41, 5.74) is 0.803. The summed E-state index contributed by atoms with van der Waals surface area (Å²) in [6.45, 7) is 0.157. The van der Waals surface area contributed by atoms with E-state index in [1.807, 2.05) is 30.4 Å². The van der Waals surface area contributed by atoms with Crippen molar-refractivity contribution in [2.45, 2.75) is 19.3 Å². The van der Waals surface area contributed by atoms with Crippen molar-refractivity contribution in [1.29, 1.82) is 0 Å². The minimum atomic E-state index is 0.157. The maximum absolute atomic E-state index is 12.0. The largest absolute Gasteiger partial charge is 0.396 e. The highest BCUT2D eigenvalue weighted by Crippen LogP contribution is 2.22. The Morgan fingerprint density at radius 3 is 2.71 bits per heavy atom. The van der Waals surface area contributed by atoms with E-state index in [9.17, 15) is 4.79 Å². The number of aliphatic hydroxyl groups is 1. The zero-order chi connectivity index (χ0) is 12.1. The van der Waals surface area contributed by atoms with Gasteiger partial charge in [0.05, 0.1) is 0 Å². The Bertz CT molecular complexity index is 399. The molecule has 17 heavy (non-hydrogen) atoms. The van der Waals surface area contributed by atoms with Crippen molar-refractivity contribution in [3.63, 3.8) is 0 Å². The highest BCUT2D eigenvalue weighted by molar-refractivity contribution is 5.98. The molecular weight excluding hydrogens is 212 g/mol. The molecule has 2 unspecified atom stereocenters.